The van der Waals surface area contributed by atoms with Gasteiger partial charge >= 0.3 is 0 Å². The van der Waals surface area contributed by atoms with E-state index >= 15 is 0 Å². The predicted molar refractivity (Wildman–Crippen MR) is 79.3 cm³/mol. The van der Waals surface area contributed by atoms with E-state index in [1.165, 1.54) is 37.4 Å². The number of aliphatic hydroxyl groups is 1. The Hall–Kier alpha value is -1.40. The summed E-state index contributed by atoms with van der Waals surface area (Å²) in [5.74, 6) is 1.75. The molecule has 0 saturated heterocycles. The van der Waals surface area contributed by atoms with Crippen molar-refractivity contribution < 1.29 is 5.11 Å². The maximum atomic E-state index is 9.88. The van der Waals surface area contributed by atoms with Crippen LogP contribution < -0.4 is 0 Å². The Morgan fingerprint density at radius 3 is 2.76 bits per heavy atom. The summed E-state index contributed by atoms with van der Waals surface area (Å²) in [7, 11) is 0. The van der Waals surface area contributed by atoms with Crippen LogP contribution in [0.2, 0.25) is 0 Å². The largest absolute Gasteiger partial charge is 0.389 e. The summed E-state index contributed by atoms with van der Waals surface area (Å²) in [6, 6.07) is 4.34. The molecule has 0 radical (unpaired) electrons. The van der Waals surface area contributed by atoms with Crippen molar-refractivity contribution in [3.63, 3.8) is 0 Å². The van der Waals surface area contributed by atoms with Gasteiger partial charge in [-0.1, -0.05) is 6.07 Å². The summed E-state index contributed by atoms with van der Waals surface area (Å²) in [4.78, 5) is 4.41. The highest BCUT2D eigenvalue weighted by atomic mass is 32.2. The van der Waals surface area contributed by atoms with Crippen molar-refractivity contribution in [2.75, 3.05) is 0 Å². The monoisotopic (exact) mass is 302 g/mol. The molecule has 2 aliphatic carbocycles. The molecule has 2 fully saturated rings. The van der Waals surface area contributed by atoms with Crippen LogP contribution in [0.3, 0.4) is 0 Å². The van der Waals surface area contributed by atoms with Gasteiger partial charge in [0.2, 0.25) is 0 Å². The van der Waals surface area contributed by atoms with Crippen LogP contribution in [-0.4, -0.2) is 24.9 Å². The number of pyridine rings is 1. The van der Waals surface area contributed by atoms with Gasteiger partial charge in [0.25, 0.3) is 0 Å². The average molecular weight is 302 g/mol. The highest BCUT2D eigenvalue weighted by Crippen LogP contribution is 2.46. The Labute approximate surface area is 127 Å². The summed E-state index contributed by atoms with van der Waals surface area (Å²) in [6.45, 7) is 1.77. The average Bonchev–Trinajstić information content (AvgIpc) is 3.39. The molecule has 1 N–H and O–H groups in total. The van der Waals surface area contributed by atoms with Crippen molar-refractivity contribution in [2.24, 2.45) is 0 Å². The third kappa shape index (κ3) is 2.58. The first-order valence-electron chi connectivity index (χ1n) is 7.49. The van der Waals surface area contributed by atoms with Crippen LogP contribution in [0.25, 0.3) is 0 Å². The van der Waals surface area contributed by atoms with Crippen LogP contribution in [0.15, 0.2) is 28.5 Å². The van der Waals surface area contributed by atoms with E-state index in [9.17, 15) is 5.11 Å². The highest BCUT2D eigenvalue weighted by Gasteiger charge is 2.36. The lowest BCUT2D eigenvalue weighted by Crippen LogP contribution is -2.03. The van der Waals surface area contributed by atoms with Crippen molar-refractivity contribution in [1.29, 1.82) is 0 Å². The van der Waals surface area contributed by atoms with Gasteiger partial charge in [-0.2, -0.15) is 0 Å². The van der Waals surface area contributed by atoms with E-state index in [4.69, 9.17) is 0 Å². The summed E-state index contributed by atoms with van der Waals surface area (Å²) in [6.07, 6.45) is 6.14. The fourth-order valence-electron chi connectivity index (χ4n) is 2.55. The normalized spacial score (nSPS) is 19.7. The van der Waals surface area contributed by atoms with Crippen molar-refractivity contribution in [3.05, 3.63) is 29.7 Å². The molecule has 0 bridgehead atoms. The van der Waals surface area contributed by atoms with Crippen LogP contribution in [-0.2, 0) is 0 Å². The molecule has 4 rings (SSSR count). The third-order valence-corrected chi connectivity index (χ3v) is 4.98. The van der Waals surface area contributed by atoms with E-state index in [0.717, 1.165) is 21.6 Å². The van der Waals surface area contributed by atoms with Crippen molar-refractivity contribution in [1.82, 2.24) is 19.7 Å². The number of hydrogen-bond donors (Lipinski definition) is 1. The Bertz CT molecular complexity index is 661. The van der Waals surface area contributed by atoms with E-state index < -0.39 is 6.10 Å². The molecule has 5 nitrogen and oxygen atoms in total. The Morgan fingerprint density at radius 1 is 1.29 bits per heavy atom. The molecule has 6 heteroatoms. The van der Waals surface area contributed by atoms with Gasteiger partial charge in [0, 0.05) is 23.7 Å². The standard InChI is InChI=1S/C15H18N4OS/c1-9(20)12-3-2-8-16-14(12)21-15-18-17-13(10-4-5-10)19(15)11-6-7-11/h2-3,8-11,20H,4-7H2,1H3/t9-/m1/s1. The van der Waals surface area contributed by atoms with Crippen molar-refractivity contribution in [3.8, 4) is 0 Å². The maximum absolute atomic E-state index is 9.88. The maximum Gasteiger partial charge on any atom is 0.197 e. The van der Waals surface area contributed by atoms with Gasteiger partial charge in [0.05, 0.1) is 6.10 Å². The van der Waals surface area contributed by atoms with Gasteiger partial charge in [-0.05, 0) is 50.4 Å². The minimum atomic E-state index is -0.526. The molecule has 2 saturated carbocycles. The first-order valence-corrected chi connectivity index (χ1v) is 8.31. The van der Waals surface area contributed by atoms with E-state index in [0.29, 0.717) is 12.0 Å². The van der Waals surface area contributed by atoms with E-state index in [1.807, 2.05) is 12.1 Å². The zero-order chi connectivity index (χ0) is 14.4. The smallest absolute Gasteiger partial charge is 0.197 e. The van der Waals surface area contributed by atoms with E-state index in [2.05, 4.69) is 19.7 Å². The van der Waals surface area contributed by atoms with Gasteiger partial charge in [-0.25, -0.2) is 4.98 Å². The first kappa shape index (κ1) is 13.3. The zero-order valence-corrected chi connectivity index (χ0v) is 12.8. The minimum Gasteiger partial charge on any atom is -0.389 e. The molecule has 0 aromatic carbocycles. The van der Waals surface area contributed by atoms with Crippen LogP contribution in [0.1, 0.15) is 62.1 Å². The number of rotatable bonds is 5. The summed E-state index contributed by atoms with van der Waals surface area (Å²) in [5, 5.41) is 20.4. The van der Waals surface area contributed by atoms with Crippen LogP contribution in [0, 0.1) is 0 Å². The molecular formula is C15H18N4OS. The Kier molecular flexibility index (Phi) is 3.23. The molecule has 2 aliphatic rings. The van der Waals surface area contributed by atoms with Crippen molar-refractivity contribution >= 4 is 11.8 Å². The third-order valence-electron chi connectivity index (χ3n) is 3.98. The number of aromatic nitrogens is 4. The quantitative estimate of drug-likeness (QED) is 0.919. The number of aliphatic hydroxyl groups excluding tert-OH is 1. The minimum absolute atomic E-state index is 0.526. The van der Waals surface area contributed by atoms with Gasteiger partial charge in [-0.3, -0.25) is 0 Å². The molecule has 1 atom stereocenters. The fraction of sp³-hybridized carbons (Fsp3) is 0.533. The number of hydrogen-bond acceptors (Lipinski definition) is 5. The second kappa shape index (κ2) is 5.10. The zero-order valence-electron chi connectivity index (χ0n) is 11.9. The van der Waals surface area contributed by atoms with Crippen LogP contribution in [0.5, 0.6) is 0 Å². The molecule has 2 aromatic rings. The summed E-state index contributed by atoms with van der Waals surface area (Å²) >= 11 is 1.52. The van der Waals surface area contributed by atoms with Gasteiger partial charge in [-0.15, -0.1) is 10.2 Å². The second-order valence-corrected chi connectivity index (χ2v) is 6.85. The Morgan fingerprint density at radius 2 is 2.10 bits per heavy atom. The molecule has 0 amide bonds. The van der Waals surface area contributed by atoms with Gasteiger partial charge in [0.1, 0.15) is 10.9 Å². The lowest BCUT2D eigenvalue weighted by molar-refractivity contribution is 0.195. The highest BCUT2D eigenvalue weighted by molar-refractivity contribution is 7.99. The molecular weight excluding hydrogens is 284 g/mol. The first-order chi connectivity index (χ1) is 10.2. The Balaban J connectivity index is 1.68. The van der Waals surface area contributed by atoms with E-state index in [1.54, 1.807) is 13.1 Å². The lowest BCUT2D eigenvalue weighted by Gasteiger charge is -2.11. The molecule has 110 valence electrons. The molecule has 2 heterocycles. The van der Waals surface area contributed by atoms with E-state index in [-0.39, 0.29) is 0 Å². The second-order valence-electron chi connectivity index (χ2n) is 5.89. The van der Waals surface area contributed by atoms with Gasteiger partial charge < -0.3 is 9.67 Å². The molecule has 0 spiro atoms. The van der Waals surface area contributed by atoms with Gasteiger partial charge in [0.15, 0.2) is 5.16 Å². The fourth-order valence-corrected chi connectivity index (χ4v) is 3.61. The summed E-state index contributed by atoms with van der Waals surface area (Å²) in [5.41, 5.74) is 0.848. The SMILES string of the molecule is C[C@@H](O)c1cccnc1Sc1nnc(C2CC2)n1C1CC1. The summed E-state index contributed by atoms with van der Waals surface area (Å²) < 4.78 is 2.31. The molecule has 2 aromatic heterocycles. The molecule has 21 heavy (non-hydrogen) atoms. The van der Waals surface area contributed by atoms with Crippen LogP contribution in [0.4, 0.5) is 0 Å². The lowest BCUT2D eigenvalue weighted by atomic mass is 10.2. The van der Waals surface area contributed by atoms with Crippen molar-refractivity contribution in [2.45, 2.75) is 60.9 Å². The molecule has 0 aliphatic heterocycles. The molecule has 0 unspecified atom stereocenters. The number of nitrogens with zero attached hydrogens (tertiary/aromatic N) is 4. The van der Waals surface area contributed by atoms with Crippen LogP contribution >= 0.6 is 11.8 Å². The predicted octanol–water partition coefficient (Wildman–Crippen LogP) is 3.09. The topological polar surface area (TPSA) is 63.8 Å².